The second-order valence-electron chi connectivity index (χ2n) is 6.34. The zero-order valence-corrected chi connectivity index (χ0v) is 16.9. The van der Waals surface area contributed by atoms with Crippen LogP contribution in [-0.2, 0) is 20.1 Å². The zero-order chi connectivity index (χ0) is 20.4. The fourth-order valence-corrected chi connectivity index (χ4v) is 4.20. The van der Waals surface area contributed by atoms with E-state index in [1.807, 2.05) is 30.3 Å². The molecular formula is C20H17ClN4O3S. The SMILES string of the molecule is COC(=O)C(C(=O)NC1(c2ccccc2Cl)N=CSN1)n1ccc2ccccc21. The number of methoxy groups -OCH3 is 1. The van der Waals surface area contributed by atoms with Crippen molar-refractivity contribution in [2.45, 2.75) is 11.8 Å². The van der Waals surface area contributed by atoms with Crippen molar-refractivity contribution in [3.8, 4) is 0 Å². The van der Waals surface area contributed by atoms with Crippen LogP contribution in [0.5, 0.6) is 0 Å². The summed E-state index contributed by atoms with van der Waals surface area (Å²) in [6.45, 7) is 0. The molecule has 2 aromatic carbocycles. The van der Waals surface area contributed by atoms with E-state index in [-0.39, 0.29) is 0 Å². The van der Waals surface area contributed by atoms with E-state index in [2.05, 4.69) is 15.0 Å². The number of fused-ring (bicyclic) bond motifs is 1. The molecule has 0 bridgehead atoms. The minimum absolute atomic E-state index is 0.431. The van der Waals surface area contributed by atoms with Crippen LogP contribution in [0.3, 0.4) is 0 Å². The van der Waals surface area contributed by atoms with Crippen LogP contribution in [0.15, 0.2) is 65.8 Å². The van der Waals surface area contributed by atoms with Crippen molar-refractivity contribution in [2.24, 2.45) is 4.99 Å². The van der Waals surface area contributed by atoms with Crippen molar-refractivity contribution in [3.05, 3.63) is 71.4 Å². The summed E-state index contributed by atoms with van der Waals surface area (Å²) in [5.74, 6) is -2.56. The van der Waals surface area contributed by atoms with Gasteiger partial charge < -0.3 is 14.6 Å². The number of aliphatic imine (C=N–C) groups is 1. The number of hydrogen-bond donors (Lipinski definition) is 2. The lowest BCUT2D eigenvalue weighted by atomic mass is 10.1. The number of nitrogens with zero attached hydrogens (tertiary/aromatic N) is 2. The maximum atomic E-state index is 13.3. The Morgan fingerprint density at radius 2 is 1.97 bits per heavy atom. The molecule has 4 rings (SSSR count). The summed E-state index contributed by atoms with van der Waals surface area (Å²) in [6.07, 6.45) is 1.69. The number of halogens is 1. The minimum atomic E-state index is -1.30. The van der Waals surface area contributed by atoms with Gasteiger partial charge in [-0.15, -0.1) is 0 Å². The van der Waals surface area contributed by atoms with E-state index in [1.165, 1.54) is 19.1 Å². The summed E-state index contributed by atoms with van der Waals surface area (Å²) < 4.78 is 9.58. The van der Waals surface area contributed by atoms with Gasteiger partial charge in [-0.1, -0.05) is 48.0 Å². The predicted molar refractivity (Wildman–Crippen MR) is 113 cm³/mol. The van der Waals surface area contributed by atoms with Gasteiger partial charge in [0.1, 0.15) is 0 Å². The molecule has 9 heteroatoms. The number of esters is 1. The molecule has 0 saturated heterocycles. The van der Waals surface area contributed by atoms with E-state index in [9.17, 15) is 9.59 Å². The number of carbonyl (C=O) groups excluding carboxylic acids is 2. The zero-order valence-electron chi connectivity index (χ0n) is 15.3. The molecule has 29 heavy (non-hydrogen) atoms. The van der Waals surface area contributed by atoms with Gasteiger partial charge in [-0.25, -0.2) is 14.5 Å². The molecular weight excluding hydrogens is 412 g/mol. The van der Waals surface area contributed by atoms with Crippen molar-refractivity contribution in [1.82, 2.24) is 14.6 Å². The first kappa shape index (κ1) is 19.5. The third-order valence-electron chi connectivity index (χ3n) is 4.65. The standard InChI is InChI=1S/C20H17ClN4O3S/c1-28-19(27)17(25-11-10-13-6-2-5-9-16(13)25)18(26)23-20(22-12-29-24-20)14-7-3-4-8-15(14)21/h2-12,17,24H,1H3,(H,23,26). The van der Waals surface area contributed by atoms with E-state index in [1.54, 1.807) is 40.6 Å². The Labute approximate surface area is 176 Å². The first-order chi connectivity index (χ1) is 14.1. The summed E-state index contributed by atoms with van der Waals surface area (Å²) in [6, 6.07) is 15.1. The van der Waals surface area contributed by atoms with Gasteiger partial charge in [0.2, 0.25) is 11.8 Å². The normalized spacial score (nSPS) is 19.2. The van der Waals surface area contributed by atoms with Crippen molar-refractivity contribution < 1.29 is 14.3 Å². The largest absolute Gasteiger partial charge is 0.467 e. The third-order valence-corrected chi connectivity index (χ3v) is 5.61. The smallest absolute Gasteiger partial charge is 0.338 e. The number of rotatable bonds is 5. The fraction of sp³-hybridized carbons (Fsp3) is 0.150. The van der Waals surface area contributed by atoms with Crippen LogP contribution in [0, 0.1) is 0 Å². The molecule has 7 nitrogen and oxygen atoms in total. The van der Waals surface area contributed by atoms with Gasteiger partial charge in [0.15, 0.2) is 0 Å². The molecule has 2 unspecified atom stereocenters. The van der Waals surface area contributed by atoms with Gasteiger partial charge >= 0.3 is 5.97 Å². The van der Waals surface area contributed by atoms with Gasteiger partial charge in [-0.3, -0.25) is 4.79 Å². The minimum Gasteiger partial charge on any atom is -0.467 e. The van der Waals surface area contributed by atoms with E-state index >= 15 is 0 Å². The highest BCUT2D eigenvalue weighted by Gasteiger charge is 2.41. The lowest BCUT2D eigenvalue weighted by molar-refractivity contribution is -0.149. The van der Waals surface area contributed by atoms with Crippen LogP contribution in [0.2, 0.25) is 5.02 Å². The molecule has 2 atom stereocenters. The molecule has 0 fully saturated rings. The van der Waals surface area contributed by atoms with Crippen LogP contribution >= 0.6 is 23.5 Å². The first-order valence-corrected chi connectivity index (χ1v) is 9.98. The molecule has 0 saturated carbocycles. The van der Waals surface area contributed by atoms with Gasteiger partial charge in [-0.05, 0) is 35.5 Å². The van der Waals surface area contributed by atoms with Gasteiger partial charge in [0.05, 0.1) is 12.7 Å². The molecule has 1 aromatic heterocycles. The van der Waals surface area contributed by atoms with Crippen LogP contribution in [0.25, 0.3) is 10.9 Å². The Bertz CT molecular complexity index is 1120. The molecule has 148 valence electrons. The molecule has 3 aromatic rings. The Morgan fingerprint density at radius 3 is 2.69 bits per heavy atom. The monoisotopic (exact) mass is 428 g/mol. The van der Waals surface area contributed by atoms with Gasteiger partial charge in [-0.2, -0.15) is 0 Å². The van der Waals surface area contributed by atoms with E-state index in [0.29, 0.717) is 10.6 Å². The van der Waals surface area contributed by atoms with Crippen LogP contribution in [0.4, 0.5) is 0 Å². The number of para-hydroxylation sites is 1. The number of benzene rings is 2. The summed E-state index contributed by atoms with van der Waals surface area (Å²) >= 11 is 7.57. The quantitative estimate of drug-likeness (QED) is 0.370. The van der Waals surface area contributed by atoms with Crippen molar-refractivity contribution in [2.75, 3.05) is 7.11 Å². The summed E-state index contributed by atoms with van der Waals surface area (Å²) in [7, 11) is 1.25. The number of carbonyl (C=O) groups is 2. The molecule has 0 aliphatic carbocycles. The number of aromatic nitrogens is 1. The Kier molecular flexibility index (Phi) is 5.31. The summed E-state index contributed by atoms with van der Waals surface area (Å²) in [4.78, 5) is 30.3. The molecule has 1 aliphatic heterocycles. The highest BCUT2D eigenvalue weighted by atomic mass is 35.5. The predicted octanol–water partition coefficient (Wildman–Crippen LogP) is 3.22. The molecule has 2 heterocycles. The average Bonchev–Trinajstić information content (AvgIpc) is 3.37. The van der Waals surface area contributed by atoms with Gasteiger partial charge in [0.25, 0.3) is 5.91 Å². The Balaban J connectivity index is 1.74. The van der Waals surface area contributed by atoms with Crippen LogP contribution in [0.1, 0.15) is 11.6 Å². The molecule has 2 N–H and O–H groups in total. The summed E-state index contributed by atoms with van der Waals surface area (Å²) in [5, 5.41) is 4.18. The summed E-state index contributed by atoms with van der Waals surface area (Å²) in [5.41, 5.74) is 2.88. The molecule has 0 radical (unpaired) electrons. The Hall–Kier alpha value is -2.81. The van der Waals surface area contributed by atoms with Crippen LogP contribution < -0.4 is 10.0 Å². The number of hydrogen-bond acceptors (Lipinski definition) is 6. The number of amides is 1. The van der Waals surface area contributed by atoms with E-state index < -0.39 is 23.7 Å². The molecule has 1 amide bonds. The highest BCUT2D eigenvalue weighted by Crippen LogP contribution is 2.33. The van der Waals surface area contributed by atoms with Crippen molar-refractivity contribution >= 4 is 51.9 Å². The molecule has 1 aliphatic rings. The first-order valence-electron chi connectivity index (χ1n) is 8.73. The number of ether oxygens (including phenoxy) is 1. The lowest BCUT2D eigenvalue weighted by Gasteiger charge is -2.30. The van der Waals surface area contributed by atoms with Crippen LogP contribution in [-0.4, -0.2) is 29.1 Å². The average molecular weight is 429 g/mol. The lowest BCUT2D eigenvalue weighted by Crippen LogP contribution is -2.53. The second-order valence-corrected chi connectivity index (χ2v) is 7.40. The highest BCUT2D eigenvalue weighted by molar-refractivity contribution is 8.10. The second kappa shape index (κ2) is 7.90. The fourth-order valence-electron chi connectivity index (χ4n) is 3.28. The van der Waals surface area contributed by atoms with Gasteiger partial charge in [0, 0.05) is 22.3 Å². The number of nitrogens with one attached hydrogen (secondary N) is 2. The van der Waals surface area contributed by atoms with E-state index in [0.717, 1.165) is 10.9 Å². The maximum absolute atomic E-state index is 13.3. The topological polar surface area (TPSA) is 84.7 Å². The third kappa shape index (κ3) is 3.50. The van der Waals surface area contributed by atoms with Crippen molar-refractivity contribution in [1.29, 1.82) is 0 Å². The Morgan fingerprint density at radius 1 is 1.21 bits per heavy atom. The maximum Gasteiger partial charge on any atom is 0.338 e. The molecule has 0 spiro atoms. The van der Waals surface area contributed by atoms with E-state index in [4.69, 9.17) is 16.3 Å². The van der Waals surface area contributed by atoms with Crippen molar-refractivity contribution in [3.63, 3.8) is 0 Å².